The van der Waals surface area contributed by atoms with Gasteiger partial charge in [-0.1, -0.05) is 0 Å². The lowest BCUT2D eigenvalue weighted by molar-refractivity contribution is 0.252. The number of fused-ring (bicyclic) bond motifs is 1. The van der Waals surface area contributed by atoms with E-state index in [9.17, 15) is 8.78 Å². The molecule has 0 spiro atoms. The summed E-state index contributed by atoms with van der Waals surface area (Å²) in [6.07, 6.45) is 5.31. The normalized spacial score (nSPS) is 19.3. The van der Waals surface area contributed by atoms with Crippen molar-refractivity contribution in [1.82, 2.24) is 14.7 Å². The maximum Gasteiger partial charge on any atom is 0.151 e. The molecule has 2 aliphatic rings. The molecule has 0 saturated carbocycles. The third-order valence-electron chi connectivity index (χ3n) is 5.40. The van der Waals surface area contributed by atoms with Gasteiger partial charge in [0.2, 0.25) is 0 Å². The van der Waals surface area contributed by atoms with Crippen molar-refractivity contribution in [2.45, 2.75) is 38.0 Å². The van der Waals surface area contributed by atoms with Gasteiger partial charge in [-0.25, -0.2) is 13.5 Å². The van der Waals surface area contributed by atoms with Gasteiger partial charge in [0.15, 0.2) is 5.82 Å². The number of nitrogens with one attached hydrogen (secondary N) is 1. The van der Waals surface area contributed by atoms with E-state index in [2.05, 4.69) is 17.3 Å². The smallest absolute Gasteiger partial charge is 0.151 e. The predicted molar refractivity (Wildman–Crippen MR) is 94.4 cm³/mol. The van der Waals surface area contributed by atoms with Crippen molar-refractivity contribution in [1.29, 1.82) is 0 Å². The van der Waals surface area contributed by atoms with E-state index in [1.165, 1.54) is 17.7 Å². The molecule has 0 bridgehead atoms. The van der Waals surface area contributed by atoms with E-state index in [0.717, 1.165) is 69.3 Å². The van der Waals surface area contributed by atoms with E-state index >= 15 is 0 Å². The lowest BCUT2D eigenvalue weighted by Crippen LogP contribution is -2.29. The molecule has 0 unspecified atom stereocenters. The summed E-state index contributed by atoms with van der Waals surface area (Å²) in [6.45, 7) is 2.98. The quantitative estimate of drug-likeness (QED) is 0.900. The summed E-state index contributed by atoms with van der Waals surface area (Å²) in [5.41, 5.74) is 2.63. The molecule has 1 aromatic carbocycles. The topological polar surface area (TPSA) is 33.1 Å². The van der Waals surface area contributed by atoms with Gasteiger partial charge < -0.3 is 10.2 Å². The number of likely N-dealkylation sites (tertiary alicyclic amines) is 1. The van der Waals surface area contributed by atoms with Crippen molar-refractivity contribution in [3.05, 3.63) is 41.1 Å². The van der Waals surface area contributed by atoms with Crippen molar-refractivity contribution in [3.8, 4) is 5.69 Å². The Balaban J connectivity index is 1.79. The molecule has 0 aliphatic carbocycles. The van der Waals surface area contributed by atoms with Crippen LogP contribution in [0.15, 0.2) is 18.2 Å². The van der Waals surface area contributed by atoms with Crippen molar-refractivity contribution in [2.24, 2.45) is 0 Å². The van der Waals surface area contributed by atoms with E-state index in [0.29, 0.717) is 11.6 Å². The highest BCUT2D eigenvalue weighted by molar-refractivity contribution is 5.55. The van der Waals surface area contributed by atoms with Crippen LogP contribution in [-0.4, -0.2) is 41.4 Å². The third kappa shape index (κ3) is 3.15. The van der Waals surface area contributed by atoms with Gasteiger partial charge in [0, 0.05) is 24.1 Å². The van der Waals surface area contributed by atoms with Gasteiger partial charge in [-0.2, -0.15) is 5.10 Å². The van der Waals surface area contributed by atoms with Crippen LogP contribution in [0.5, 0.6) is 0 Å². The van der Waals surface area contributed by atoms with Crippen LogP contribution in [0.25, 0.3) is 5.69 Å². The Morgan fingerprint density at radius 3 is 2.72 bits per heavy atom. The minimum atomic E-state index is -0.578. The molecule has 4 nitrogen and oxygen atoms in total. The zero-order chi connectivity index (χ0) is 17.4. The SMILES string of the molecule is CN1CCC(c2nn(-c3ccc(F)cc3F)c3c2CCCCN3)CC1. The maximum absolute atomic E-state index is 14.4. The van der Waals surface area contributed by atoms with Gasteiger partial charge in [-0.15, -0.1) is 0 Å². The second-order valence-electron chi connectivity index (χ2n) is 7.18. The molecule has 3 heterocycles. The molecule has 134 valence electrons. The molecule has 1 N–H and O–H groups in total. The number of anilines is 1. The highest BCUT2D eigenvalue weighted by Crippen LogP contribution is 2.36. The molecule has 1 saturated heterocycles. The van der Waals surface area contributed by atoms with Crippen molar-refractivity contribution >= 4 is 5.82 Å². The minimum absolute atomic E-state index is 0.311. The van der Waals surface area contributed by atoms with Crippen LogP contribution in [0.2, 0.25) is 0 Å². The van der Waals surface area contributed by atoms with Gasteiger partial charge in [-0.05, 0) is 64.4 Å². The monoisotopic (exact) mass is 346 g/mol. The molecule has 0 atom stereocenters. The van der Waals surface area contributed by atoms with E-state index in [-0.39, 0.29) is 0 Å². The standard InChI is InChI=1S/C19H24F2N4/c1-24-10-7-13(8-11-24)18-15-4-2-3-9-22-19(15)25(23-18)17-6-5-14(20)12-16(17)21/h5-6,12-13,22H,2-4,7-11H2,1H3. The molecule has 1 fully saturated rings. The zero-order valence-electron chi connectivity index (χ0n) is 14.6. The summed E-state index contributed by atoms with van der Waals surface area (Å²) in [4.78, 5) is 2.34. The molecule has 2 aromatic rings. The average molecular weight is 346 g/mol. The van der Waals surface area contributed by atoms with Crippen LogP contribution < -0.4 is 5.32 Å². The highest BCUT2D eigenvalue weighted by Gasteiger charge is 2.28. The number of nitrogens with zero attached hydrogens (tertiary/aromatic N) is 3. The van der Waals surface area contributed by atoms with Crippen LogP contribution in [-0.2, 0) is 6.42 Å². The fourth-order valence-electron chi connectivity index (χ4n) is 3.97. The maximum atomic E-state index is 14.4. The largest absolute Gasteiger partial charge is 0.370 e. The van der Waals surface area contributed by atoms with Crippen molar-refractivity contribution in [2.75, 3.05) is 32.0 Å². The summed E-state index contributed by atoms with van der Waals surface area (Å²) in [6, 6.07) is 3.69. The molecule has 0 amide bonds. The number of halogens is 2. The van der Waals surface area contributed by atoms with Gasteiger partial charge in [0.25, 0.3) is 0 Å². The first-order chi connectivity index (χ1) is 12.1. The Morgan fingerprint density at radius 1 is 1.16 bits per heavy atom. The number of piperidine rings is 1. The number of benzene rings is 1. The lowest BCUT2D eigenvalue weighted by Gasteiger charge is -2.28. The summed E-state index contributed by atoms with van der Waals surface area (Å²) < 4.78 is 29.3. The Hall–Kier alpha value is -1.95. The highest BCUT2D eigenvalue weighted by atomic mass is 19.1. The van der Waals surface area contributed by atoms with Crippen molar-refractivity contribution < 1.29 is 8.78 Å². The van der Waals surface area contributed by atoms with Gasteiger partial charge >= 0.3 is 0 Å². The Morgan fingerprint density at radius 2 is 1.96 bits per heavy atom. The first-order valence-electron chi connectivity index (χ1n) is 9.13. The Bertz CT molecular complexity index is 763. The lowest BCUT2D eigenvalue weighted by atomic mass is 9.90. The first kappa shape index (κ1) is 16.5. The second-order valence-corrected chi connectivity index (χ2v) is 7.18. The van der Waals surface area contributed by atoms with E-state index < -0.39 is 11.6 Å². The summed E-state index contributed by atoms with van der Waals surface area (Å²) in [5, 5.41) is 8.25. The second kappa shape index (κ2) is 6.75. The number of hydrogen-bond acceptors (Lipinski definition) is 3. The molecule has 2 aliphatic heterocycles. The van der Waals surface area contributed by atoms with Crippen molar-refractivity contribution in [3.63, 3.8) is 0 Å². The Kier molecular flexibility index (Phi) is 4.46. The number of hydrogen-bond donors (Lipinski definition) is 1. The number of aromatic nitrogens is 2. The minimum Gasteiger partial charge on any atom is -0.370 e. The van der Waals surface area contributed by atoms with Crippen LogP contribution in [0.4, 0.5) is 14.6 Å². The third-order valence-corrected chi connectivity index (χ3v) is 5.40. The molecular formula is C19H24F2N4. The number of rotatable bonds is 2. The van der Waals surface area contributed by atoms with Crippen LogP contribution in [0.1, 0.15) is 42.9 Å². The summed E-state index contributed by atoms with van der Waals surface area (Å²) in [7, 11) is 2.14. The van der Waals surface area contributed by atoms with Gasteiger partial charge in [0.05, 0.1) is 5.69 Å². The summed E-state index contributed by atoms with van der Waals surface area (Å²) >= 11 is 0. The van der Waals surface area contributed by atoms with E-state index in [1.807, 2.05) is 0 Å². The fourth-order valence-corrected chi connectivity index (χ4v) is 3.97. The predicted octanol–water partition coefficient (Wildman–Crippen LogP) is 3.71. The molecule has 0 radical (unpaired) electrons. The summed E-state index contributed by atoms with van der Waals surface area (Å²) in [5.74, 6) is 0.154. The average Bonchev–Trinajstić information content (AvgIpc) is 2.78. The van der Waals surface area contributed by atoms with Crippen LogP contribution in [0, 0.1) is 11.6 Å². The molecular weight excluding hydrogens is 322 g/mol. The molecule has 25 heavy (non-hydrogen) atoms. The molecule has 1 aromatic heterocycles. The Labute approximate surface area is 146 Å². The van der Waals surface area contributed by atoms with Crippen LogP contribution in [0.3, 0.4) is 0 Å². The van der Waals surface area contributed by atoms with Gasteiger partial charge in [-0.3, -0.25) is 0 Å². The fraction of sp³-hybridized carbons (Fsp3) is 0.526. The van der Waals surface area contributed by atoms with E-state index in [4.69, 9.17) is 5.10 Å². The molecule has 6 heteroatoms. The first-order valence-corrected chi connectivity index (χ1v) is 9.13. The zero-order valence-corrected chi connectivity index (χ0v) is 14.6. The van der Waals surface area contributed by atoms with Crippen LogP contribution >= 0.6 is 0 Å². The van der Waals surface area contributed by atoms with Gasteiger partial charge in [0.1, 0.15) is 17.3 Å². The molecule has 4 rings (SSSR count). The van der Waals surface area contributed by atoms with E-state index in [1.54, 1.807) is 4.68 Å².